The largest absolute Gasteiger partial charge is 0.367 e. The fourth-order valence-corrected chi connectivity index (χ4v) is 4.71. The lowest BCUT2D eigenvalue weighted by atomic mass is 9.69. The first-order valence-electron chi connectivity index (χ1n) is 8.62. The van der Waals surface area contributed by atoms with Crippen LogP contribution in [0.4, 0.5) is 0 Å². The monoisotopic (exact) mass is 296 g/mol. The zero-order chi connectivity index (χ0) is 15.9. The van der Waals surface area contributed by atoms with E-state index in [2.05, 4.69) is 58.8 Å². The number of nitrogens with zero attached hydrogens (tertiary/aromatic N) is 1. The van der Waals surface area contributed by atoms with Gasteiger partial charge < -0.3 is 10.1 Å². The molecule has 2 atom stereocenters. The van der Waals surface area contributed by atoms with Gasteiger partial charge in [0.2, 0.25) is 0 Å². The van der Waals surface area contributed by atoms with E-state index < -0.39 is 0 Å². The minimum Gasteiger partial charge on any atom is -0.367 e. The Morgan fingerprint density at radius 3 is 2.14 bits per heavy atom. The number of nitrogens with one attached hydrogen (secondary N) is 1. The molecule has 0 aromatic carbocycles. The van der Waals surface area contributed by atoms with Gasteiger partial charge in [-0.3, -0.25) is 4.90 Å². The summed E-state index contributed by atoms with van der Waals surface area (Å²) in [4.78, 5) is 2.64. The van der Waals surface area contributed by atoms with Crippen molar-refractivity contribution in [1.29, 1.82) is 0 Å². The van der Waals surface area contributed by atoms with Gasteiger partial charge in [-0.2, -0.15) is 0 Å². The fraction of sp³-hybridized carbons (Fsp3) is 1.00. The molecule has 0 aromatic rings. The second-order valence-electron chi connectivity index (χ2n) is 9.35. The molecule has 0 bridgehead atoms. The third-order valence-corrected chi connectivity index (χ3v) is 5.14. The van der Waals surface area contributed by atoms with E-state index in [-0.39, 0.29) is 11.2 Å². The van der Waals surface area contributed by atoms with Gasteiger partial charge in [0.1, 0.15) is 0 Å². The van der Waals surface area contributed by atoms with Gasteiger partial charge in [0.05, 0.1) is 11.2 Å². The summed E-state index contributed by atoms with van der Waals surface area (Å²) in [5, 5.41) is 3.56. The summed E-state index contributed by atoms with van der Waals surface area (Å²) in [7, 11) is 2.13. The highest BCUT2D eigenvalue weighted by atomic mass is 16.5. The maximum atomic E-state index is 6.22. The summed E-state index contributed by atoms with van der Waals surface area (Å²) in [5.41, 5.74) is 0.414. The van der Waals surface area contributed by atoms with Gasteiger partial charge in [0, 0.05) is 25.7 Å². The van der Waals surface area contributed by atoms with Crippen LogP contribution in [0.3, 0.4) is 0 Å². The first kappa shape index (κ1) is 17.2. The topological polar surface area (TPSA) is 24.5 Å². The average Bonchev–Trinajstić information content (AvgIpc) is 2.23. The van der Waals surface area contributed by atoms with Crippen molar-refractivity contribution in [3.8, 4) is 0 Å². The van der Waals surface area contributed by atoms with Crippen molar-refractivity contribution in [2.24, 2.45) is 11.3 Å². The molecule has 0 amide bonds. The smallest absolute Gasteiger partial charge is 0.0760 e. The van der Waals surface area contributed by atoms with Crippen molar-refractivity contribution in [3.63, 3.8) is 0 Å². The van der Waals surface area contributed by atoms with Crippen LogP contribution < -0.4 is 5.32 Å². The first-order chi connectivity index (χ1) is 9.52. The molecule has 1 heterocycles. The number of morpholine rings is 1. The van der Waals surface area contributed by atoms with Crippen LogP contribution in [-0.2, 0) is 4.74 Å². The zero-order valence-corrected chi connectivity index (χ0v) is 15.3. The van der Waals surface area contributed by atoms with E-state index >= 15 is 0 Å². The van der Waals surface area contributed by atoms with Crippen molar-refractivity contribution >= 4 is 0 Å². The third kappa shape index (κ3) is 4.67. The van der Waals surface area contributed by atoms with E-state index in [4.69, 9.17) is 4.74 Å². The molecule has 1 saturated heterocycles. The van der Waals surface area contributed by atoms with Gasteiger partial charge in [0.15, 0.2) is 0 Å². The molecule has 1 aliphatic carbocycles. The minimum absolute atomic E-state index is 0.0406. The van der Waals surface area contributed by atoms with Gasteiger partial charge in [-0.05, 0) is 65.3 Å². The van der Waals surface area contributed by atoms with Gasteiger partial charge in [0.25, 0.3) is 0 Å². The van der Waals surface area contributed by atoms with Crippen LogP contribution >= 0.6 is 0 Å². The molecule has 1 saturated carbocycles. The molecule has 2 unspecified atom stereocenters. The average molecular weight is 296 g/mol. The van der Waals surface area contributed by atoms with E-state index in [1.165, 1.54) is 25.8 Å². The normalized spacial score (nSPS) is 35.6. The maximum absolute atomic E-state index is 6.22. The molecule has 2 aliphatic rings. The minimum atomic E-state index is -0.0406. The standard InChI is InChI=1S/C18H36N2O/c1-16(2)9-8-15(19-7)14(10-16)11-20-12-17(3,4)21-18(5,6)13-20/h14-15,19H,8-13H2,1-7H3. The summed E-state index contributed by atoms with van der Waals surface area (Å²) in [6, 6.07) is 0.673. The predicted molar refractivity (Wildman–Crippen MR) is 89.7 cm³/mol. The summed E-state index contributed by atoms with van der Waals surface area (Å²) < 4.78 is 6.22. The van der Waals surface area contributed by atoms with Crippen LogP contribution in [0.1, 0.15) is 60.8 Å². The molecular weight excluding hydrogens is 260 g/mol. The Bertz CT molecular complexity index is 346. The summed E-state index contributed by atoms with van der Waals surface area (Å²) in [6.45, 7) is 17.0. The van der Waals surface area contributed by atoms with E-state index in [1.54, 1.807) is 0 Å². The molecule has 21 heavy (non-hydrogen) atoms. The molecule has 2 rings (SSSR count). The van der Waals surface area contributed by atoms with E-state index in [0.717, 1.165) is 19.0 Å². The molecule has 3 nitrogen and oxygen atoms in total. The third-order valence-electron chi connectivity index (χ3n) is 5.14. The number of hydrogen-bond donors (Lipinski definition) is 1. The molecule has 1 N–H and O–H groups in total. The van der Waals surface area contributed by atoms with Crippen molar-refractivity contribution in [2.75, 3.05) is 26.7 Å². The van der Waals surface area contributed by atoms with Crippen LogP contribution in [0.25, 0.3) is 0 Å². The van der Waals surface area contributed by atoms with Crippen LogP contribution in [0.15, 0.2) is 0 Å². The molecule has 0 aromatic heterocycles. The first-order valence-corrected chi connectivity index (χ1v) is 8.62. The van der Waals surface area contributed by atoms with Gasteiger partial charge in [-0.25, -0.2) is 0 Å². The van der Waals surface area contributed by atoms with Crippen LogP contribution in [-0.4, -0.2) is 48.8 Å². The highest BCUT2D eigenvalue weighted by Crippen LogP contribution is 2.40. The Hall–Kier alpha value is -0.120. The summed E-state index contributed by atoms with van der Waals surface area (Å²) >= 11 is 0. The Balaban J connectivity index is 2.04. The van der Waals surface area contributed by atoms with E-state index in [1.807, 2.05) is 0 Å². The SMILES string of the molecule is CNC1CCC(C)(C)CC1CN1CC(C)(C)OC(C)(C)C1. The highest BCUT2D eigenvalue weighted by molar-refractivity contribution is 4.94. The van der Waals surface area contributed by atoms with Crippen LogP contribution in [0.5, 0.6) is 0 Å². The lowest BCUT2D eigenvalue weighted by Gasteiger charge is -2.50. The van der Waals surface area contributed by atoms with Gasteiger partial charge in [-0.15, -0.1) is 0 Å². The number of rotatable bonds is 3. The molecule has 1 aliphatic heterocycles. The molecule has 124 valence electrons. The fourth-order valence-electron chi connectivity index (χ4n) is 4.71. The molecule has 2 fully saturated rings. The quantitative estimate of drug-likeness (QED) is 0.865. The van der Waals surface area contributed by atoms with Crippen LogP contribution in [0, 0.1) is 11.3 Å². The van der Waals surface area contributed by atoms with Crippen molar-refractivity contribution in [3.05, 3.63) is 0 Å². The Morgan fingerprint density at radius 1 is 1.05 bits per heavy atom. The zero-order valence-electron chi connectivity index (χ0n) is 15.3. The van der Waals surface area contributed by atoms with E-state index in [9.17, 15) is 0 Å². The molecular formula is C18H36N2O. The van der Waals surface area contributed by atoms with E-state index in [0.29, 0.717) is 11.5 Å². The highest BCUT2D eigenvalue weighted by Gasteiger charge is 2.41. The summed E-state index contributed by atoms with van der Waals surface area (Å²) in [6.07, 6.45) is 3.98. The lowest BCUT2D eigenvalue weighted by Crippen LogP contribution is -2.59. The van der Waals surface area contributed by atoms with Gasteiger partial charge in [-0.1, -0.05) is 13.8 Å². The second-order valence-corrected chi connectivity index (χ2v) is 9.35. The Morgan fingerprint density at radius 2 is 1.62 bits per heavy atom. The second kappa shape index (κ2) is 5.82. The number of ether oxygens (including phenoxy) is 1. The molecule has 0 radical (unpaired) electrons. The van der Waals surface area contributed by atoms with Crippen molar-refractivity contribution in [1.82, 2.24) is 10.2 Å². The lowest BCUT2D eigenvalue weighted by molar-refractivity contribution is -0.183. The Labute approximate surface area is 131 Å². The van der Waals surface area contributed by atoms with Crippen LogP contribution in [0.2, 0.25) is 0 Å². The number of hydrogen-bond acceptors (Lipinski definition) is 3. The van der Waals surface area contributed by atoms with Crippen molar-refractivity contribution in [2.45, 2.75) is 78.0 Å². The summed E-state index contributed by atoms with van der Waals surface area (Å²) in [5.74, 6) is 0.753. The Kier molecular flexibility index (Phi) is 4.78. The molecule has 0 spiro atoms. The molecule has 3 heteroatoms. The van der Waals surface area contributed by atoms with Crippen molar-refractivity contribution < 1.29 is 4.74 Å². The predicted octanol–water partition coefficient (Wildman–Crippen LogP) is 3.29. The van der Waals surface area contributed by atoms with Gasteiger partial charge >= 0.3 is 0 Å². The maximum Gasteiger partial charge on any atom is 0.0760 e.